The molecule has 0 aliphatic heterocycles. The van der Waals surface area contributed by atoms with E-state index in [4.69, 9.17) is 29.4 Å². The number of aliphatic hydroxyl groups is 1. The van der Waals surface area contributed by atoms with E-state index in [0.717, 1.165) is 57.0 Å². The molecule has 0 saturated heterocycles. The minimum atomic E-state index is -0.370. The van der Waals surface area contributed by atoms with Crippen LogP contribution < -0.4 is 5.32 Å². The average Bonchev–Trinajstić information content (AvgIpc) is 2.90. The zero-order valence-corrected chi connectivity index (χ0v) is 26.3. The first-order chi connectivity index (χ1) is 18.3. The van der Waals surface area contributed by atoms with Gasteiger partial charge >= 0.3 is 6.09 Å². The zero-order chi connectivity index (χ0) is 26.9. The van der Waals surface area contributed by atoms with Crippen molar-refractivity contribution in [2.45, 2.75) is 6.92 Å². The van der Waals surface area contributed by atoms with Crippen LogP contribution in [0.2, 0.25) is 0 Å². The maximum absolute atomic E-state index is 11.7. The molecule has 37 heavy (non-hydrogen) atoms. The molecule has 0 bridgehead atoms. The molecule has 0 unspecified atom stereocenters. The maximum atomic E-state index is 11.7. The third-order valence-corrected chi connectivity index (χ3v) is 9.82. The minimum absolute atomic E-state index is 0.176. The van der Waals surface area contributed by atoms with Crippen LogP contribution in [0.25, 0.3) is 0 Å². The van der Waals surface area contributed by atoms with Gasteiger partial charge in [0.1, 0.15) is 19.8 Å². The van der Waals surface area contributed by atoms with Crippen LogP contribution in [0.3, 0.4) is 0 Å². The van der Waals surface area contributed by atoms with E-state index in [-0.39, 0.29) is 12.7 Å². The Hall–Kier alpha value is 0.190. The van der Waals surface area contributed by atoms with Gasteiger partial charge in [0, 0.05) is 57.0 Å². The number of rotatable bonds is 29. The van der Waals surface area contributed by atoms with Gasteiger partial charge in [-0.05, 0) is 5.75 Å². The predicted octanol–water partition coefficient (Wildman–Crippen LogP) is 3.99. The number of hydrogen-bond donors (Lipinski definition) is 2. The highest BCUT2D eigenvalue weighted by Gasteiger charge is 2.01. The van der Waals surface area contributed by atoms with Crippen molar-refractivity contribution < 1.29 is 34.2 Å². The standard InChI is InChI=1S/C21H41N3O7S6/c1-2-32-10-3-22-17-31-29-9-16-37-20-35-12-5-24-21(26)27-7-14-36-19-34-11-4-23-18-30-28-8-15-33-13-6-25/h17-18,25H,2-16,19-20H2,1H3,(H,24,26)/b22-17-,23-18+. The van der Waals surface area contributed by atoms with Crippen LogP contribution in [-0.4, -0.2) is 126 Å². The quantitative estimate of drug-likeness (QED) is 0.0307. The largest absolute Gasteiger partial charge is 0.449 e. The fourth-order valence-corrected chi connectivity index (χ4v) is 6.62. The summed E-state index contributed by atoms with van der Waals surface area (Å²) in [5, 5.41) is 13.2. The fourth-order valence-electron chi connectivity index (χ4n) is 1.88. The van der Waals surface area contributed by atoms with Crippen LogP contribution >= 0.6 is 70.6 Å². The predicted molar refractivity (Wildman–Crippen MR) is 167 cm³/mol. The zero-order valence-electron chi connectivity index (χ0n) is 21.4. The van der Waals surface area contributed by atoms with Crippen LogP contribution in [0.4, 0.5) is 4.79 Å². The van der Waals surface area contributed by atoms with E-state index in [0.29, 0.717) is 38.7 Å². The summed E-state index contributed by atoms with van der Waals surface area (Å²) in [6, 6.07) is 0. The Morgan fingerprint density at radius 3 is 1.97 bits per heavy atom. The maximum Gasteiger partial charge on any atom is 0.407 e. The number of carbonyl (C=O) groups excluding carboxylic acids is 1. The third kappa shape index (κ3) is 34.2. The number of ether oxygens (including phenoxy) is 1. The van der Waals surface area contributed by atoms with Crippen molar-refractivity contribution in [2.75, 3.05) is 102 Å². The SMILES string of the molecule is CCSCC/N=C\OOCCSCSCCNC(=O)OCCSCSCC/N=C/OOCCSCCO. The Balaban J connectivity index is 3.22. The molecule has 0 spiro atoms. The number of carbonyl (C=O) groups is 1. The van der Waals surface area contributed by atoms with Gasteiger partial charge in [-0.25, -0.2) is 4.79 Å². The molecule has 2 N–H and O–H groups in total. The van der Waals surface area contributed by atoms with Gasteiger partial charge in [-0.1, -0.05) is 6.92 Å². The molecular formula is C21H41N3O7S6. The molecule has 16 heteroatoms. The lowest BCUT2D eigenvalue weighted by atomic mass is 10.7. The van der Waals surface area contributed by atoms with E-state index in [2.05, 4.69) is 22.2 Å². The number of amides is 1. The molecule has 0 aromatic heterocycles. The lowest BCUT2D eigenvalue weighted by Crippen LogP contribution is -2.27. The molecule has 10 nitrogen and oxygen atoms in total. The summed E-state index contributed by atoms with van der Waals surface area (Å²) in [5.74, 6) is 6.88. The van der Waals surface area contributed by atoms with Crippen molar-refractivity contribution in [3.63, 3.8) is 0 Å². The van der Waals surface area contributed by atoms with Crippen LogP contribution in [0, 0.1) is 0 Å². The molecule has 0 fully saturated rings. The van der Waals surface area contributed by atoms with Crippen LogP contribution in [0.15, 0.2) is 9.98 Å². The first-order valence-electron chi connectivity index (χ1n) is 11.8. The van der Waals surface area contributed by atoms with Gasteiger partial charge in [0.05, 0.1) is 19.7 Å². The highest BCUT2D eigenvalue weighted by molar-refractivity contribution is 8.16. The van der Waals surface area contributed by atoms with Crippen molar-refractivity contribution in [3.8, 4) is 0 Å². The second kappa shape index (κ2) is 34.2. The number of nitrogens with one attached hydrogen (secondary N) is 1. The Kier molecular flexibility index (Phi) is 34.4. The summed E-state index contributed by atoms with van der Waals surface area (Å²) < 4.78 is 5.17. The van der Waals surface area contributed by atoms with Gasteiger partial charge in [-0.15, -0.1) is 47.0 Å². The lowest BCUT2D eigenvalue weighted by Gasteiger charge is -2.07. The van der Waals surface area contributed by atoms with E-state index >= 15 is 0 Å². The van der Waals surface area contributed by atoms with Gasteiger partial charge < -0.3 is 24.9 Å². The van der Waals surface area contributed by atoms with E-state index in [1.54, 1.807) is 58.8 Å². The number of hydrogen-bond acceptors (Lipinski definition) is 15. The van der Waals surface area contributed by atoms with Gasteiger partial charge in [0.15, 0.2) is 0 Å². The second-order valence-electron chi connectivity index (χ2n) is 6.32. The summed E-state index contributed by atoms with van der Waals surface area (Å²) in [5.41, 5.74) is 0. The summed E-state index contributed by atoms with van der Waals surface area (Å²) in [7, 11) is 0. The van der Waals surface area contributed by atoms with E-state index in [9.17, 15) is 4.79 Å². The van der Waals surface area contributed by atoms with Gasteiger partial charge in [0.25, 0.3) is 0 Å². The highest BCUT2D eigenvalue weighted by Crippen LogP contribution is 2.12. The molecule has 0 aliphatic rings. The molecule has 0 rings (SSSR count). The number of aliphatic hydroxyl groups excluding tert-OH is 1. The van der Waals surface area contributed by atoms with Crippen molar-refractivity contribution in [1.82, 2.24) is 5.32 Å². The molecule has 0 heterocycles. The number of thioether (sulfide) groups is 6. The van der Waals surface area contributed by atoms with Crippen molar-refractivity contribution in [1.29, 1.82) is 0 Å². The number of aliphatic imine (C=N–C) groups is 2. The van der Waals surface area contributed by atoms with Crippen molar-refractivity contribution in [3.05, 3.63) is 0 Å². The molecule has 0 radical (unpaired) electrons. The number of alkyl carbamates (subject to hydrolysis) is 1. The van der Waals surface area contributed by atoms with Gasteiger partial charge in [-0.2, -0.15) is 33.3 Å². The van der Waals surface area contributed by atoms with Crippen molar-refractivity contribution >= 4 is 89.5 Å². The summed E-state index contributed by atoms with van der Waals surface area (Å²) in [6.07, 6.45) is 2.30. The Morgan fingerprint density at radius 1 is 0.757 bits per heavy atom. The first kappa shape index (κ1) is 37.2. The summed E-state index contributed by atoms with van der Waals surface area (Å²) in [6.45, 7) is 5.64. The highest BCUT2D eigenvalue weighted by atomic mass is 32.2. The van der Waals surface area contributed by atoms with E-state index in [1.807, 2.05) is 11.8 Å². The number of nitrogens with zero attached hydrogens (tertiary/aromatic N) is 2. The Bertz CT molecular complexity index is 543. The smallest absolute Gasteiger partial charge is 0.407 e. The minimum Gasteiger partial charge on any atom is -0.449 e. The fraction of sp³-hybridized carbons (Fsp3) is 0.857. The average molecular weight is 640 g/mol. The molecule has 0 saturated carbocycles. The molecule has 1 amide bonds. The molecule has 0 atom stereocenters. The van der Waals surface area contributed by atoms with Crippen LogP contribution in [0.1, 0.15) is 6.92 Å². The van der Waals surface area contributed by atoms with Gasteiger partial charge in [-0.3, -0.25) is 9.98 Å². The molecule has 0 aromatic rings. The second-order valence-corrected chi connectivity index (χ2v) is 14.1. The summed E-state index contributed by atoms with van der Waals surface area (Å²) >= 11 is 10.4. The van der Waals surface area contributed by atoms with Crippen LogP contribution in [-0.2, 0) is 24.3 Å². The molecular weight excluding hydrogens is 599 g/mol. The Morgan fingerprint density at radius 2 is 1.32 bits per heavy atom. The van der Waals surface area contributed by atoms with E-state index < -0.39 is 0 Å². The first-order valence-corrected chi connectivity index (χ1v) is 18.7. The Labute approximate surface area is 246 Å². The molecule has 0 aliphatic carbocycles. The summed E-state index contributed by atoms with van der Waals surface area (Å²) in [4.78, 5) is 39.5. The van der Waals surface area contributed by atoms with Crippen molar-refractivity contribution in [2.24, 2.45) is 9.98 Å². The van der Waals surface area contributed by atoms with Crippen LogP contribution in [0.5, 0.6) is 0 Å². The molecule has 0 aromatic carbocycles. The monoisotopic (exact) mass is 639 g/mol. The molecule has 218 valence electrons. The van der Waals surface area contributed by atoms with E-state index in [1.165, 1.54) is 12.8 Å². The lowest BCUT2D eigenvalue weighted by molar-refractivity contribution is -0.210. The third-order valence-electron chi connectivity index (χ3n) is 3.47. The topological polar surface area (TPSA) is 120 Å². The normalized spacial score (nSPS) is 11.4. The van der Waals surface area contributed by atoms with Gasteiger partial charge in [0.2, 0.25) is 12.8 Å².